The van der Waals surface area contributed by atoms with Crippen LogP contribution in [0.3, 0.4) is 0 Å². The van der Waals surface area contributed by atoms with Crippen LogP contribution in [0.4, 0.5) is 0 Å². The first-order valence-corrected chi connectivity index (χ1v) is 21.3. The summed E-state index contributed by atoms with van der Waals surface area (Å²) in [7, 11) is 0. The summed E-state index contributed by atoms with van der Waals surface area (Å²) in [4.78, 5) is 0. The molecule has 296 valence electrons. The van der Waals surface area contributed by atoms with E-state index in [2.05, 4.69) is 247 Å². The number of aryl methyl sites for hydroxylation is 4. The Morgan fingerprint density at radius 2 is 1.03 bits per heavy atom. The van der Waals surface area contributed by atoms with E-state index >= 15 is 0 Å². The highest BCUT2D eigenvalue weighted by Crippen LogP contribution is 2.38. The van der Waals surface area contributed by atoms with Crippen molar-refractivity contribution in [3.8, 4) is 27.9 Å². The Morgan fingerprint density at radius 3 is 1.69 bits per heavy atom. The number of para-hydroxylation sites is 1. The van der Waals surface area contributed by atoms with Gasteiger partial charge in [-0.1, -0.05) is 203 Å². The molecule has 59 heavy (non-hydrogen) atoms. The SMILES string of the molecule is C/C=C\c1c(C)ccc2c1c1cc(-c3ccc(C)cc3)ccc1n2-c1ccccc1.CCC.CCCc1ccc(-c2ccccc2)cc1.Cc1cccc2ccccc12. The summed E-state index contributed by atoms with van der Waals surface area (Å²) >= 11 is 0. The molecule has 0 bridgehead atoms. The maximum absolute atomic E-state index is 2.38. The van der Waals surface area contributed by atoms with Crippen molar-refractivity contribution in [2.24, 2.45) is 0 Å². The highest BCUT2D eigenvalue weighted by molar-refractivity contribution is 6.14. The number of hydrogen-bond acceptors (Lipinski definition) is 0. The predicted octanol–water partition coefficient (Wildman–Crippen LogP) is 17.0. The number of hydrogen-bond donors (Lipinski definition) is 0. The third-order valence-corrected chi connectivity index (χ3v) is 10.5. The first-order valence-electron chi connectivity index (χ1n) is 21.3. The molecule has 0 fully saturated rings. The molecule has 9 rings (SSSR count). The second-order valence-corrected chi connectivity index (χ2v) is 15.3. The van der Waals surface area contributed by atoms with Gasteiger partial charge in [0, 0.05) is 16.5 Å². The molecule has 0 N–H and O–H groups in total. The molecule has 1 nitrogen and oxygen atoms in total. The minimum Gasteiger partial charge on any atom is -0.309 e. The van der Waals surface area contributed by atoms with Crippen molar-refractivity contribution in [2.45, 2.75) is 67.7 Å². The van der Waals surface area contributed by atoms with Crippen LogP contribution in [0.2, 0.25) is 0 Å². The van der Waals surface area contributed by atoms with Crippen molar-refractivity contribution in [1.82, 2.24) is 4.57 Å². The molecule has 0 saturated heterocycles. The summed E-state index contributed by atoms with van der Waals surface area (Å²) in [6.07, 6.45) is 8.02. The largest absolute Gasteiger partial charge is 0.309 e. The smallest absolute Gasteiger partial charge is 0.0547 e. The van der Waals surface area contributed by atoms with Crippen molar-refractivity contribution in [3.63, 3.8) is 0 Å². The van der Waals surface area contributed by atoms with Crippen LogP contribution in [-0.2, 0) is 6.42 Å². The second-order valence-electron chi connectivity index (χ2n) is 15.3. The Labute approximate surface area is 353 Å². The molecule has 0 saturated carbocycles. The van der Waals surface area contributed by atoms with Gasteiger partial charge in [0.1, 0.15) is 0 Å². The molecule has 0 atom stereocenters. The molecule has 0 spiro atoms. The second kappa shape index (κ2) is 20.8. The van der Waals surface area contributed by atoms with E-state index in [0.717, 1.165) is 0 Å². The molecule has 9 aromatic rings. The van der Waals surface area contributed by atoms with Gasteiger partial charge in [0.25, 0.3) is 0 Å². The van der Waals surface area contributed by atoms with Crippen LogP contribution < -0.4 is 0 Å². The molecule has 0 aliphatic heterocycles. The standard InChI is InChI=1S/C29H25N.C15H16.C11H10.C3H8/c1-4-8-25-21(3)13-17-28-29(25)26-19-23(22-14-11-20(2)12-15-22)16-18-27(26)30(28)24-9-6-5-7-10-24;1-2-6-13-9-11-15(12-10-13)14-7-4-3-5-8-14;1-9-5-4-7-10-6-2-3-8-11(9)10;1-3-2/h4-19H,1-3H3;3-5,7-12H,2,6H2,1H3;2-8H,1H3;3H2,1-2H3/b8-4-;;;. The zero-order valence-electron chi connectivity index (χ0n) is 36.0. The van der Waals surface area contributed by atoms with Gasteiger partial charge >= 0.3 is 0 Å². The van der Waals surface area contributed by atoms with E-state index in [1.807, 2.05) is 0 Å². The minimum absolute atomic E-state index is 1.18. The molecule has 1 heterocycles. The van der Waals surface area contributed by atoms with Crippen molar-refractivity contribution in [2.75, 3.05) is 0 Å². The summed E-state index contributed by atoms with van der Waals surface area (Å²) < 4.78 is 2.38. The van der Waals surface area contributed by atoms with Gasteiger partial charge in [0.05, 0.1) is 11.0 Å². The van der Waals surface area contributed by atoms with Crippen molar-refractivity contribution in [1.29, 1.82) is 0 Å². The van der Waals surface area contributed by atoms with Gasteiger partial charge in [-0.3, -0.25) is 0 Å². The highest BCUT2D eigenvalue weighted by Gasteiger charge is 2.16. The Balaban J connectivity index is 0.000000167. The molecule has 8 aromatic carbocycles. The summed E-state index contributed by atoms with van der Waals surface area (Å²) in [6, 6.07) is 65.0. The molecule has 1 aromatic heterocycles. The Hall–Kier alpha value is -6.44. The van der Waals surface area contributed by atoms with Gasteiger partial charge in [0.2, 0.25) is 0 Å². The minimum atomic E-state index is 1.18. The average Bonchev–Trinajstić information content (AvgIpc) is 3.61. The number of allylic oxidation sites excluding steroid dienone is 1. The summed E-state index contributed by atoms with van der Waals surface area (Å²) in [5.74, 6) is 0. The Kier molecular flexibility index (Phi) is 14.9. The van der Waals surface area contributed by atoms with Crippen LogP contribution in [0, 0.1) is 20.8 Å². The summed E-state index contributed by atoms with van der Waals surface area (Å²) in [5, 5.41) is 5.30. The lowest BCUT2D eigenvalue weighted by atomic mass is 9.98. The average molecular weight is 770 g/mol. The number of benzene rings is 8. The number of fused-ring (bicyclic) bond motifs is 4. The molecular weight excluding hydrogens is 711 g/mol. The first-order chi connectivity index (χ1) is 28.9. The summed E-state index contributed by atoms with van der Waals surface area (Å²) in [5.41, 5.74) is 15.4. The van der Waals surface area contributed by atoms with Crippen molar-refractivity contribution >= 4 is 38.7 Å². The van der Waals surface area contributed by atoms with Gasteiger partial charge < -0.3 is 4.57 Å². The van der Waals surface area contributed by atoms with E-state index in [1.54, 1.807) is 0 Å². The van der Waals surface area contributed by atoms with Crippen molar-refractivity contribution < 1.29 is 0 Å². The van der Waals surface area contributed by atoms with Crippen LogP contribution in [0.25, 0.3) is 66.6 Å². The third kappa shape index (κ3) is 10.4. The van der Waals surface area contributed by atoms with Crippen LogP contribution in [0.1, 0.15) is 68.4 Å². The maximum Gasteiger partial charge on any atom is 0.0547 e. The number of nitrogens with zero attached hydrogens (tertiary/aromatic N) is 1. The van der Waals surface area contributed by atoms with Gasteiger partial charge in [-0.05, 0) is 120 Å². The molecule has 0 unspecified atom stereocenters. The van der Waals surface area contributed by atoms with Crippen LogP contribution in [0.5, 0.6) is 0 Å². The van der Waals surface area contributed by atoms with E-state index in [1.165, 1.54) is 108 Å². The van der Waals surface area contributed by atoms with E-state index in [4.69, 9.17) is 0 Å². The van der Waals surface area contributed by atoms with Gasteiger partial charge in [0.15, 0.2) is 0 Å². The lowest BCUT2D eigenvalue weighted by Crippen LogP contribution is -1.93. The number of aromatic nitrogens is 1. The monoisotopic (exact) mass is 769 g/mol. The van der Waals surface area contributed by atoms with Gasteiger partial charge in [-0.25, -0.2) is 0 Å². The number of rotatable bonds is 6. The van der Waals surface area contributed by atoms with E-state index in [0.29, 0.717) is 0 Å². The Morgan fingerprint density at radius 1 is 0.475 bits per heavy atom. The molecule has 0 aliphatic carbocycles. The quantitative estimate of drug-likeness (QED) is 0.159. The van der Waals surface area contributed by atoms with Crippen molar-refractivity contribution in [3.05, 3.63) is 216 Å². The molecule has 0 aliphatic rings. The third-order valence-electron chi connectivity index (χ3n) is 10.5. The topological polar surface area (TPSA) is 4.93 Å². The maximum atomic E-state index is 2.38. The molecular formula is C58H59N. The fraction of sp³-hybridized carbons (Fsp3) is 0.172. The van der Waals surface area contributed by atoms with Crippen LogP contribution in [-0.4, -0.2) is 4.57 Å². The highest BCUT2D eigenvalue weighted by atomic mass is 15.0. The van der Waals surface area contributed by atoms with Gasteiger partial charge in [-0.15, -0.1) is 0 Å². The first kappa shape index (κ1) is 42.2. The van der Waals surface area contributed by atoms with E-state index < -0.39 is 0 Å². The van der Waals surface area contributed by atoms with E-state index in [9.17, 15) is 0 Å². The zero-order valence-corrected chi connectivity index (χ0v) is 36.0. The molecule has 0 radical (unpaired) electrons. The lowest BCUT2D eigenvalue weighted by Gasteiger charge is -2.09. The summed E-state index contributed by atoms with van der Waals surface area (Å²) in [6.45, 7) is 15.0. The molecule has 0 amide bonds. The Bertz CT molecular complexity index is 2710. The van der Waals surface area contributed by atoms with E-state index in [-0.39, 0.29) is 0 Å². The fourth-order valence-corrected chi connectivity index (χ4v) is 7.58. The van der Waals surface area contributed by atoms with Crippen LogP contribution in [0.15, 0.2) is 188 Å². The van der Waals surface area contributed by atoms with Gasteiger partial charge in [-0.2, -0.15) is 0 Å². The lowest BCUT2D eigenvalue weighted by molar-refractivity contribution is 0.922. The normalized spacial score (nSPS) is 10.8. The molecule has 1 heteroatoms. The predicted molar refractivity (Wildman–Crippen MR) is 261 cm³/mol. The zero-order chi connectivity index (χ0) is 41.6. The van der Waals surface area contributed by atoms with Crippen LogP contribution >= 0.6 is 0 Å². The fourth-order valence-electron chi connectivity index (χ4n) is 7.58.